The average molecular weight is 381 g/mol. The fourth-order valence-electron chi connectivity index (χ4n) is 3.59. The Hall–Kier alpha value is -2.59. The summed E-state index contributed by atoms with van der Waals surface area (Å²) in [5.41, 5.74) is 2.89. The fraction of sp³-hybridized carbons (Fsp3) is 0.591. The van der Waals surface area contributed by atoms with Crippen LogP contribution < -0.4 is 4.74 Å². The zero-order valence-electron chi connectivity index (χ0n) is 16.8. The maximum atomic E-state index is 9.61. The van der Waals surface area contributed by atoms with Gasteiger partial charge in [0.25, 0.3) is 0 Å². The van der Waals surface area contributed by atoms with Crippen LogP contribution in [-0.4, -0.2) is 19.3 Å². The molecule has 4 atom stereocenters. The first kappa shape index (κ1) is 21.7. The molecule has 0 radical (unpaired) electrons. The minimum Gasteiger partial charge on any atom is -0.488 e. The number of nitriles is 3. The van der Waals surface area contributed by atoms with Gasteiger partial charge in [0.05, 0.1) is 49.2 Å². The van der Waals surface area contributed by atoms with Crippen molar-refractivity contribution in [2.24, 2.45) is 17.8 Å². The van der Waals surface area contributed by atoms with Gasteiger partial charge in [-0.05, 0) is 27.2 Å². The Kier molecular flexibility index (Phi) is 8.27. The largest absolute Gasteiger partial charge is 0.488 e. The van der Waals surface area contributed by atoms with E-state index < -0.39 is 23.9 Å². The second-order valence-electron chi connectivity index (χ2n) is 7.02. The molecule has 0 heterocycles. The molecule has 0 aromatic heterocycles. The van der Waals surface area contributed by atoms with Crippen LogP contribution in [0.5, 0.6) is 5.75 Å². The highest BCUT2D eigenvalue weighted by Crippen LogP contribution is 2.38. The van der Waals surface area contributed by atoms with Crippen molar-refractivity contribution in [1.29, 1.82) is 15.8 Å². The highest BCUT2D eigenvalue weighted by atomic mass is 16.5. The number of hydrogen-bond acceptors (Lipinski definition) is 6. The smallest absolute Gasteiger partial charge is 0.130 e. The van der Waals surface area contributed by atoms with Crippen molar-refractivity contribution in [3.05, 3.63) is 28.8 Å². The lowest BCUT2D eigenvalue weighted by Gasteiger charge is -2.34. The minimum absolute atomic E-state index is 0.351. The maximum Gasteiger partial charge on any atom is 0.130 e. The van der Waals surface area contributed by atoms with Gasteiger partial charge >= 0.3 is 0 Å². The third kappa shape index (κ3) is 5.23. The monoisotopic (exact) mass is 381 g/mol. The molecule has 148 valence electrons. The quantitative estimate of drug-likeness (QED) is 0.674. The van der Waals surface area contributed by atoms with Crippen LogP contribution in [0.15, 0.2) is 12.1 Å². The van der Waals surface area contributed by atoms with Crippen LogP contribution in [0.25, 0.3) is 0 Å². The lowest BCUT2D eigenvalue weighted by Crippen LogP contribution is -2.38. The van der Waals surface area contributed by atoms with E-state index in [4.69, 9.17) is 14.2 Å². The van der Waals surface area contributed by atoms with Crippen LogP contribution in [0.4, 0.5) is 0 Å². The van der Waals surface area contributed by atoms with E-state index in [1.807, 2.05) is 32.9 Å². The zero-order valence-corrected chi connectivity index (χ0v) is 16.8. The van der Waals surface area contributed by atoms with Gasteiger partial charge in [-0.2, -0.15) is 15.8 Å². The highest BCUT2D eigenvalue weighted by molar-refractivity contribution is 5.44. The Morgan fingerprint density at radius 1 is 0.857 bits per heavy atom. The van der Waals surface area contributed by atoms with E-state index in [0.717, 1.165) is 16.7 Å². The summed E-state index contributed by atoms with van der Waals surface area (Å²) in [4.78, 5) is 0. The molecule has 4 unspecified atom stereocenters. The molecule has 0 saturated heterocycles. The van der Waals surface area contributed by atoms with E-state index in [-0.39, 0.29) is 0 Å². The molecule has 1 fully saturated rings. The summed E-state index contributed by atoms with van der Waals surface area (Å²) in [7, 11) is 0. The SMILES string of the molecule is CCOCc1cc(C)cc(COCC)c1OC1CC(C#N)C(C#N)CC1C#N. The predicted octanol–water partition coefficient (Wildman–Crippen LogP) is 4.03. The molecular weight excluding hydrogens is 354 g/mol. The van der Waals surface area contributed by atoms with E-state index in [0.29, 0.717) is 45.0 Å². The lowest BCUT2D eigenvalue weighted by atomic mass is 9.74. The molecular formula is C22H27N3O3. The van der Waals surface area contributed by atoms with Crippen molar-refractivity contribution < 1.29 is 14.2 Å². The topological polar surface area (TPSA) is 99.1 Å². The molecule has 0 N–H and O–H groups in total. The number of nitrogens with zero attached hydrogens (tertiary/aromatic N) is 3. The second-order valence-corrected chi connectivity index (χ2v) is 7.02. The van der Waals surface area contributed by atoms with Gasteiger partial charge in [-0.1, -0.05) is 17.7 Å². The third-order valence-corrected chi connectivity index (χ3v) is 5.01. The molecule has 1 saturated carbocycles. The normalized spacial score (nSPS) is 24.0. The average Bonchev–Trinajstić information content (AvgIpc) is 2.71. The molecule has 1 aliphatic carbocycles. The lowest BCUT2D eigenvalue weighted by molar-refractivity contribution is 0.0755. The van der Waals surface area contributed by atoms with Gasteiger partial charge in [0.2, 0.25) is 0 Å². The van der Waals surface area contributed by atoms with E-state index >= 15 is 0 Å². The first-order valence-corrected chi connectivity index (χ1v) is 9.71. The van der Waals surface area contributed by atoms with Crippen molar-refractivity contribution in [2.75, 3.05) is 13.2 Å². The second kappa shape index (κ2) is 10.7. The van der Waals surface area contributed by atoms with Crippen molar-refractivity contribution in [2.45, 2.75) is 52.9 Å². The molecule has 1 aromatic carbocycles. The molecule has 28 heavy (non-hydrogen) atoms. The number of aryl methyl sites for hydroxylation is 1. The summed E-state index contributed by atoms with van der Waals surface area (Å²) >= 11 is 0. The van der Waals surface area contributed by atoms with Crippen molar-refractivity contribution in [1.82, 2.24) is 0 Å². The molecule has 0 amide bonds. The van der Waals surface area contributed by atoms with Gasteiger partial charge in [0.1, 0.15) is 11.9 Å². The summed E-state index contributed by atoms with van der Waals surface area (Å²) in [6, 6.07) is 10.7. The Balaban J connectivity index is 2.37. The number of rotatable bonds is 8. The summed E-state index contributed by atoms with van der Waals surface area (Å²) < 4.78 is 17.6. The number of benzene rings is 1. The zero-order chi connectivity index (χ0) is 20.5. The first-order chi connectivity index (χ1) is 13.6. The van der Waals surface area contributed by atoms with E-state index in [9.17, 15) is 15.8 Å². The third-order valence-electron chi connectivity index (χ3n) is 5.01. The molecule has 0 spiro atoms. The van der Waals surface area contributed by atoms with Crippen molar-refractivity contribution in [3.63, 3.8) is 0 Å². The van der Waals surface area contributed by atoms with Gasteiger partial charge in [0, 0.05) is 30.8 Å². The molecule has 1 aromatic rings. The number of ether oxygens (including phenoxy) is 3. The Morgan fingerprint density at radius 3 is 1.82 bits per heavy atom. The van der Waals surface area contributed by atoms with E-state index in [2.05, 4.69) is 18.2 Å². The summed E-state index contributed by atoms with van der Waals surface area (Å²) in [6.45, 7) is 7.85. The van der Waals surface area contributed by atoms with Gasteiger partial charge < -0.3 is 14.2 Å². The maximum absolute atomic E-state index is 9.61. The van der Waals surface area contributed by atoms with E-state index in [1.54, 1.807) is 0 Å². The molecule has 0 aliphatic heterocycles. The van der Waals surface area contributed by atoms with Crippen molar-refractivity contribution >= 4 is 0 Å². The van der Waals surface area contributed by atoms with Crippen molar-refractivity contribution in [3.8, 4) is 24.0 Å². The predicted molar refractivity (Wildman–Crippen MR) is 103 cm³/mol. The minimum atomic E-state index is -0.442. The van der Waals surface area contributed by atoms with Crippen LogP contribution in [0, 0.1) is 58.7 Å². The van der Waals surface area contributed by atoms with Crippen LogP contribution in [-0.2, 0) is 22.7 Å². The standard InChI is InChI=1S/C22H27N3O3/c1-4-26-13-19-6-15(3)7-20(14-27-5-2)22(19)28-21-9-17(11-24)16(10-23)8-18(21)12-25/h6-7,16-18,21H,4-5,8-9,13-14H2,1-3H3. The van der Waals surface area contributed by atoms with Crippen LogP contribution in [0.1, 0.15) is 43.4 Å². The summed E-state index contributed by atoms with van der Waals surface area (Å²) in [6.07, 6.45) is 0.273. The number of hydrogen-bond donors (Lipinski definition) is 0. The molecule has 6 nitrogen and oxygen atoms in total. The van der Waals surface area contributed by atoms with Gasteiger partial charge in [-0.3, -0.25) is 0 Å². The van der Waals surface area contributed by atoms with Gasteiger partial charge in [0.15, 0.2) is 0 Å². The molecule has 2 rings (SSSR count). The summed E-state index contributed by atoms with van der Waals surface area (Å²) in [5.74, 6) is -0.630. The Bertz CT molecular complexity index is 759. The highest BCUT2D eigenvalue weighted by Gasteiger charge is 2.39. The molecule has 0 bridgehead atoms. The molecule has 6 heteroatoms. The Labute approximate surface area is 167 Å². The fourth-order valence-corrected chi connectivity index (χ4v) is 3.59. The molecule has 1 aliphatic rings. The van der Waals surface area contributed by atoms with Gasteiger partial charge in [-0.15, -0.1) is 0 Å². The van der Waals surface area contributed by atoms with Crippen LogP contribution in [0.3, 0.4) is 0 Å². The first-order valence-electron chi connectivity index (χ1n) is 9.71. The van der Waals surface area contributed by atoms with E-state index in [1.165, 1.54) is 0 Å². The van der Waals surface area contributed by atoms with Crippen LogP contribution >= 0.6 is 0 Å². The van der Waals surface area contributed by atoms with Gasteiger partial charge in [-0.25, -0.2) is 0 Å². The summed E-state index contributed by atoms with van der Waals surface area (Å²) in [5, 5.41) is 28.3. The Morgan fingerprint density at radius 2 is 1.36 bits per heavy atom. The van der Waals surface area contributed by atoms with Crippen LogP contribution in [0.2, 0.25) is 0 Å².